The first-order valence-electron chi connectivity index (χ1n) is 5.88. The van der Waals surface area contributed by atoms with Crippen LogP contribution < -0.4 is 5.32 Å². The third-order valence-corrected chi connectivity index (χ3v) is 2.83. The van der Waals surface area contributed by atoms with E-state index in [1.807, 2.05) is 0 Å². The van der Waals surface area contributed by atoms with Gasteiger partial charge < -0.3 is 5.32 Å². The zero-order valence-electron chi connectivity index (χ0n) is 10.6. The molecule has 2 aromatic rings. The summed E-state index contributed by atoms with van der Waals surface area (Å²) in [4.78, 5) is 3.67. The van der Waals surface area contributed by atoms with E-state index < -0.39 is 17.6 Å². The van der Waals surface area contributed by atoms with Gasteiger partial charge in [0.15, 0.2) is 0 Å². The monoisotopic (exact) mass is 284 g/mol. The highest BCUT2D eigenvalue weighted by Gasteiger charge is 2.34. The van der Waals surface area contributed by atoms with Gasteiger partial charge in [-0.25, -0.2) is 4.39 Å². The van der Waals surface area contributed by atoms with E-state index in [2.05, 4.69) is 10.3 Å². The molecule has 0 fully saturated rings. The Bertz CT molecular complexity index is 608. The summed E-state index contributed by atoms with van der Waals surface area (Å²) >= 11 is 0. The maximum atomic E-state index is 13.8. The predicted molar refractivity (Wildman–Crippen MR) is 67.4 cm³/mol. The van der Waals surface area contributed by atoms with Crippen LogP contribution in [0.3, 0.4) is 0 Å². The Morgan fingerprint density at radius 2 is 1.90 bits per heavy atom. The number of aromatic nitrogens is 1. The van der Waals surface area contributed by atoms with Crippen LogP contribution in [0, 0.1) is 5.82 Å². The third kappa shape index (κ3) is 2.96. The van der Waals surface area contributed by atoms with Crippen LogP contribution in [-0.2, 0) is 12.7 Å². The fourth-order valence-electron chi connectivity index (χ4n) is 1.95. The van der Waals surface area contributed by atoms with Crippen LogP contribution in [0.2, 0.25) is 0 Å². The molecule has 1 N–H and O–H groups in total. The first kappa shape index (κ1) is 14.5. The third-order valence-electron chi connectivity index (χ3n) is 2.83. The number of rotatable bonds is 3. The van der Waals surface area contributed by atoms with E-state index in [1.54, 1.807) is 7.05 Å². The summed E-state index contributed by atoms with van der Waals surface area (Å²) in [6.07, 6.45) is -2.48. The van der Waals surface area contributed by atoms with Gasteiger partial charge in [-0.2, -0.15) is 13.2 Å². The Morgan fingerprint density at radius 3 is 2.55 bits per heavy atom. The summed E-state index contributed by atoms with van der Waals surface area (Å²) in [5.74, 6) is -0.705. The highest BCUT2D eigenvalue weighted by molar-refractivity contribution is 5.68. The number of hydrogen-bond acceptors (Lipinski definition) is 2. The zero-order chi connectivity index (χ0) is 14.8. The molecule has 20 heavy (non-hydrogen) atoms. The van der Waals surface area contributed by atoms with Crippen LogP contribution in [0.5, 0.6) is 0 Å². The first-order chi connectivity index (χ1) is 9.43. The Hall–Kier alpha value is -1.95. The second-order valence-electron chi connectivity index (χ2n) is 4.26. The molecule has 2 rings (SSSR count). The summed E-state index contributed by atoms with van der Waals surface area (Å²) in [5.41, 5.74) is -0.553. The van der Waals surface area contributed by atoms with Crippen molar-refractivity contribution >= 4 is 0 Å². The molecule has 0 atom stereocenters. The van der Waals surface area contributed by atoms with Crippen LogP contribution >= 0.6 is 0 Å². The standard InChI is InChI=1S/C14H12F4N2/c1-19-7-9-2-3-13(15)10(6-9)11-8-20-5-4-12(11)14(16,17)18/h2-6,8,19H,7H2,1H3. The van der Waals surface area contributed by atoms with Crippen molar-refractivity contribution in [2.24, 2.45) is 0 Å². The molecular weight excluding hydrogens is 272 g/mol. The van der Waals surface area contributed by atoms with Crippen molar-refractivity contribution in [2.75, 3.05) is 7.05 Å². The van der Waals surface area contributed by atoms with Crippen molar-refractivity contribution in [3.05, 3.63) is 53.6 Å². The van der Waals surface area contributed by atoms with E-state index in [0.29, 0.717) is 12.1 Å². The molecule has 0 saturated carbocycles. The molecule has 1 heterocycles. The van der Waals surface area contributed by atoms with Crippen LogP contribution in [0.1, 0.15) is 11.1 Å². The summed E-state index contributed by atoms with van der Waals surface area (Å²) in [5, 5.41) is 2.87. The lowest BCUT2D eigenvalue weighted by molar-refractivity contribution is -0.137. The number of nitrogens with one attached hydrogen (secondary N) is 1. The van der Waals surface area contributed by atoms with E-state index >= 15 is 0 Å². The number of alkyl halides is 3. The van der Waals surface area contributed by atoms with Gasteiger partial charge in [0.25, 0.3) is 0 Å². The van der Waals surface area contributed by atoms with Crippen LogP contribution in [0.25, 0.3) is 11.1 Å². The predicted octanol–water partition coefficient (Wildman–Crippen LogP) is 3.63. The zero-order valence-corrected chi connectivity index (χ0v) is 10.6. The van der Waals surface area contributed by atoms with E-state index in [1.165, 1.54) is 12.1 Å². The molecule has 0 aliphatic carbocycles. The topological polar surface area (TPSA) is 24.9 Å². The summed E-state index contributed by atoms with van der Waals surface area (Å²) < 4.78 is 52.7. The van der Waals surface area contributed by atoms with Crippen molar-refractivity contribution in [3.63, 3.8) is 0 Å². The summed E-state index contributed by atoms with van der Waals surface area (Å²) in [6, 6.07) is 4.94. The van der Waals surface area contributed by atoms with E-state index in [0.717, 1.165) is 24.5 Å². The van der Waals surface area contributed by atoms with Crippen molar-refractivity contribution in [3.8, 4) is 11.1 Å². The number of benzene rings is 1. The molecule has 2 nitrogen and oxygen atoms in total. The molecule has 6 heteroatoms. The minimum absolute atomic E-state index is 0.0989. The SMILES string of the molecule is CNCc1ccc(F)c(-c2cnccc2C(F)(F)F)c1. The fraction of sp³-hybridized carbons (Fsp3) is 0.214. The molecule has 0 aliphatic heterocycles. The van der Waals surface area contributed by atoms with Gasteiger partial charge in [0.2, 0.25) is 0 Å². The second kappa shape index (κ2) is 5.58. The molecule has 0 radical (unpaired) electrons. The van der Waals surface area contributed by atoms with Crippen molar-refractivity contribution in [1.29, 1.82) is 0 Å². The molecule has 0 bridgehead atoms. The lowest BCUT2D eigenvalue weighted by Crippen LogP contribution is -2.09. The van der Waals surface area contributed by atoms with Crippen molar-refractivity contribution in [2.45, 2.75) is 12.7 Å². The molecule has 1 aromatic carbocycles. The lowest BCUT2D eigenvalue weighted by atomic mass is 9.99. The average Bonchev–Trinajstić information content (AvgIpc) is 2.40. The highest BCUT2D eigenvalue weighted by atomic mass is 19.4. The number of pyridine rings is 1. The average molecular weight is 284 g/mol. The van der Waals surface area contributed by atoms with Gasteiger partial charge in [-0.05, 0) is 30.8 Å². The molecule has 106 valence electrons. The minimum Gasteiger partial charge on any atom is -0.316 e. The fourth-order valence-corrected chi connectivity index (χ4v) is 1.95. The van der Waals surface area contributed by atoms with E-state index in [-0.39, 0.29) is 11.1 Å². The van der Waals surface area contributed by atoms with Gasteiger partial charge in [-0.3, -0.25) is 4.98 Å². The van der Waals surface area contributed by atoms with Crippen molar-refractivity contribution in [1.82, 2.24) is 10.3 Å². The van der Waals surface area contributed by atoms with Crippen molar-refractivity contribution < 1.29 is 17.6 Å². The smallest absolute Gasteiger partial charge is 0.316 e. The molecule has 1 aromatic heterocycles. The first-order valence-corrected chi connectivity index (χ1v) is 5.88. The second-order valence-corrected chi connectivity index (χ2v) is 4.26. The summed E-state index contributed by atoms with van der Waals surface area (Å²) in [6.45, 7) is 0.439. The Kier molecular flexibility index (Phi) is 4.04. The molecule has 0 amide bonds. The van der Waals surface area contributed by atoms with Gasteiger partial charge in [0.05, 0.1) is 5.56 Å². The summed E-state index contributed by atoms with van der Waals surface area (Å²) in [7, 11) is 1.70. The van der Waals surface area contributed by atoms with Crippen LogP contribution in [-0.4, -0.2) is 12.0 Å². The number of nitrogens with zero attached hydrogens (tertiary/aromatic N) is 1. The normalized spacial score (nSPS) is 11.7. The molecule has 0 aliphatic rings. The van der Waals surface area contributed by atoms with Gasteiger partial charge >= 0.3 is 6.18 Å². The molecule has 0 unspecified atom stereocenters. The Labute approximate surface area is 113 Å². The number of halogens is 4. The minimum atomic E-state index is -4.55. The van der Waals surface area contributed by atoms with Gasteiger partial charge in [-0.15, -0.1) is 0 Å². The highest BCUT2D eigenvalue weighted by Crippen LogP contribution is 2.37. The van der Waals surface area contributed by atoms with Gasteiger partial charge in [-0.1, -0.05) is 6.07 Å². The van der Waals surface area contributed by atoms with Gasteiger partial charge in [0.1, 0.15) is 5.82 Å². The van der Waals surface area contributed by atoms with E-state index in [9.17, 15) is 17.6 Å². The molecule has 0 spiro atoms. The largest absolute Gasteiger partial charge is 0.417 e. The van der Waals surface area contributed by atoms with Crippen LogP contribution in [0.4, 0.5) is 17.6 Å². The molecular formula is C14H12F4N2. The van der Waals surface area contributed by atoms with E-state index in [4.69, 9.17) is 0 Å². The molecule has 0 saturated heterocycles. The Morgan fingerprint density at radius 1 is 1.15 bits per heavy atom. The lowest BCUT2D eigenvalue weighted by Gasteiger charge is -2.13. The maximum absolute atomic E-state index is 13.8. The quantitative estimate of drug-likeness (QED) is 0.871. The Balaban J connectivity index is 2.59. The van der Waals surface area contributed by atoms with Gasteiger partial charge in [0, 0.05) is 30.1 Å². The van der Waals surface area contributed by atoms with Crippen LogP contribution in [0.15, 0.2) is 36.7 Å². The number of hydrogen-bond donors (Lipinski definition) is 1. The maximum Gasteiger partial charge on any atom is 0.417 e.